The minimum absolute atomic E-state index is 0.0894. The Hall–Kier alpha value is -4.16. The Balaban J connectivity index is 1.56. The zero-order chi connectivity index (χ0) is 26.9. The number of methoxy groups -OCH3 is 3. The minimum Gasteiger partial charge on any atom is -0.497 e. The first-order valence-corrected chi connectivity index (χ1v) is 12.5. The lowest BCUT2D eigenvalue weighted by molar-refractivity contribution is 0.0744. The van der Waals surface area contributed by atoms with Crippen LogP contribution in [0.25, 0.3) is 0 Å². The molecule has 4 rings (SSSR count). The first-order valence-electron chi connectivity index (χ1n) is 12.2. The SMILES string of the molecule is COc1cccc(C(=O)N(CCc2ccc(OC)c(OC)c2)Cc2cccc(Oc3ccc(Cl)cc3)c2)c1. The third kappa shape index (κ3) is 6.99. The first-order chi connectivity index (χ1) is 18.5. The molecule has 0 heterocycles. The standard InChI is InChI=1S/C31H30ClNO5/c1-35-27-8-5-7-24(20-27)31(34)33(17-16-22-10-15-29(36-2)30(19-22)37-3)21-23-6-4-9-28(18-23)38-26-13-11-25(32)12-14-26/h4-15,18-20H,16-17,21H2,1-3H3. The molecule has 0 spiro atoms. The number of carbonyl (C=O) groups is 1. The maximum atomic E-state index is 13.7. The van der Waals surface area contributed by atoms with Crippen molar-refractivity contribution in [2.75, 3.05) is 27.9 Å². The number of hydrogen-bond donors (Lipinski definition) is 0. The molecule has 0 radical (unpaired) electrons. The highest BCUT2D eigenvalue weighted by Gasteiger charge is 2.18. The first kappa shape index (κ1) is 26.9. The summed E-state index contributed by atoms with van der Waals surface area (Å²) >= 11 is 5.99. The fourth-order valence-corrected chi connectivity index (χ4v) is 4.18. The molecule has 4 aromatic rings. The number of benzene rings is 4. The molecule has 0 saturated carbocycles. The van der Waals surface area contributed by atoms with Gasteiger partial charge in [-0.1, -0.05) is 35.9 Å². The van der Waals surface area contributed by atoms with Crippen LogP contribution in [-0.4, -0.2) is 38.7 Å². The highest BCUT2D eigenvalue weighted by molar-refractivity contribution is 6.30. The molecule has 0 saturated heterocycles. The van der Waals surface area contributed by atoms with Gasteiger partial charge in [0.1, 0.15) is 17.2 Å². The van der Waals surface area contributed by atoms with Crippen molar-refractivity contribution in [2.24, 2.45) is 0 Å². The van der Waals surface area contributed by atoms with Crippen LogP contribution in [0.15, 0.2) is 91.0 Å². The van der Waals surface area contributed by atoms with Crippen LogP contribution in [0.2, 0.25) is 5.02 Å². The van der Waals surface area contributed by atoms with Gasteiger partial charge in [0.25, 0.3) is 5.91 Å². The van der Waals surface area contributed by atoms with Gasteiger partial charge in [0.15, 0.2) is 11.5 Å². The molecule has 0 bridgehead atoms. The van der Waals surface area contributed by atoms with Crippen molar-refractivity contribution in [3.8, 4) is 28.7 Å². The summed E-state index contributed by atoms with van der Waals surface area (Å²) in [5, 5.41) is 0.646. The number of carbonyl (C=O) groups excluding carboxylic acids is 1. The van der Waals surface area contributed by atoms with Crippen LogP contribution in [0.1, 0.15) is 21.5 Å². The van der Waals surface area contributed by atoms with Crippen molar-refractivity contribution in [3.63, 3.8) is 0 Å². The van der Waals surface area contributed by atoms with Crippen molar-refractivity contribution in [1.29, 1.82) is 0 Å². The molecule has 4 aromatic carbocycles. The number of rotatable bonds is 11. The van der Waals surface area contributed by atoms with Gasteiger partial charge in [-0.25, -0.2) is 0 Å². The van der Waals surface area contributed by atoms with E-state index in [0.29, 0.717) is 58.8 Å². The monoisotopic (exact) mass is 531 g/mol. The molecule has 0 N–H and O–H groups in total. The summed E-state index contributed by atoms with van der Waals surface area (Å²) in [6, 6.07) is 27.9. The van der Waals surface area contributed by atoms with Gasteiger partial charge in [0.05, 0.1) is 21.3 Å². The van der Waals surface area contributed by atoms with Crippen LogP contribution in [0, 0.1) is 0 Å². The highest BCUT2D eigenvalue weighted by Crippen LogP contribution is 2.28. The number of halogens is 1. The average Bonchev–Trinajstić information content (AvgIpc) is 2.96. The quantitative estimate of drug-likeness (QED) is 0.208. The van der Waals surface area contributed by atoms with Gasteiger partial charge in [0, 0.05) is 23.7 Å². The number of amides is 1. The smallest absolute Gasteiger partial charge is 0.254 e. The minimum atomic E-state index is -0.0894. The van der Waals surface area contributed by atoms with Crippen molar-refractivity contribution < 1.29 is 23.7 Å². The zero-order valence-electron chi connectivity index (χ0n) is 21.6. The Morgan fingerprint density at radius 2 is 1.45 bits per heavy atom. The maximum Gasteiger partial charge on any atom is 0.254 e. The largest absolute Gasteiger partial charge is 0.497 e. The van der Waals surface area contributed by atoms with Crippen LogP contribution < -0.4 is 18.9 Å². The van der Waals surface area contributed by atoms with Crippen LogP contribution in [0.4, 0.5) is 0 Å². The summed E-state index contributed by atoms with van der Waals surface area (Å²) in [4.78, 5) is 15.5. The van der Waals surface area contributed by atoms with E-state index in [9.17, 15) is 4.79 Å². The average molecular weight is 532 g/mol. The van der Waals surface area contributed by atoms with Crippen LogP contribution in [-0.2, 0) is 13.0 Å². The molecule has 0 aliphatic heterocycles. The van der Waals surface area contributed by atoms with E-state index < -0.39 is 0 Å². The second kappa shape index (κ2) is 12.9. The van der Waals surface area contributed by atoms with Crippen molar-refractivity contribution in [3.05, 3.63) is 113 Å². The van der Waals surface area contributed by atoms with E-state index in [4.69, 9.17) is 30.5 Å². The molecule has 0 aliphatic rings. The van der Waals surface area contributed by atoms with Gasteiger partial charge in [-0.15, -0.1) is 0 Å². The summed E-state index contributed by atoms with van der Waals surface area (Å²) in [6.07, 6.45) is 0.636. The second-order valence-corrected chi connectivity index (χ2v) is 9.04. The number of ether oxygens (including phenoxy) is 4. The highest BCUT2D eigenvalue weighted by atomic mass is 35.5. The number of hydrogen-bond acceptors (Lipinski definition) is 5. The summed E-state index contributed by atoms with van der Waals surface area (Å²) in [5.41, 5.74) is 2.54. The lowest BCUT2D eigenvalue weighted by Gasteiger charge is -2.24. The van der Waals surface area contributed by atoms with Crippen molar-refractivity contribution in [1.82, 2.24) is 4.90 Å². The maximum absolute atomic E-state index is 13.7. The fraction of sp³-hybridized carbons (Fsp3) is 0.194. The number of nitrogens with zero attached hydrogens (tertiary/aromatic N) is 1. The third-order valence-electron chi connectivity index (χ3n) is 6.04. The molecule has 7 heteroatoms. The molecule has 0 fully saturated rings. The Morgan fingerprint density at radius 1 is 0.711 bits per heavy atom. The summed E-state index contributed by atoms with van der Waals surface area (Å²) in [6.45, 7) is 0.898. The molecule has 0 aliphatic carbocycles. The Bertz CT molecular complexity index is 1370. The van der Waals surface area contributed by atoms with E-state index >= 15 is 0 Å². The van der Waals surface area contributed by atoms with E-state index in [2.05, 4.69) is 0 Å². The van der Waals surface area contributed by atoms with Gasteiger partial charge in [-0.05, 0) is 84.3 Å². The van der Waals surface area contributed by atoms with E-state index in [1.54, 1.807) is 45.6 Å². The van der Waals surface area contributed by atoms with Crippen LogP contribution >= 0.6 is 11.6 Å². The Kier molecular flexibility index (Phi) is 9.11. The molecule has 38 heavy (non-hydrogen) atoms. The normalized spacial score (nSPS) is 10.5. The van der Waals surface area contributed by atoms with E-state index in [-0.39, 0.29) is 5.91 Å². The second-order valence-electron chi connectivity index (χ2n) is 8.60. The molecule has 1 amide bonds. The van der Waals surface area contributed by atoms with Crippen LogP contribution in [0.3, 0.4) is 0 Å². The summed E-state index contributed by atoms with van der Waals surface area (Å²) in [7, 11) is 4.81. The Morgan fingerprint density at radius 3 is 2.18 bits per heavy atom. The molecule has 0 atom stereocenters. The van der Waals surface area contributed by atoms with E-state index in [0.717, 1.165) is 11.1 Å². The van der Waals surface area contributed by atoms with Crippen molar-refractivity contribution in [2.45, 2.75) is 13.0 Å². The van der Waals surface area contributed by atoms with Gasteiger partial charge in [-0.2, -0.15) is 0 Å². The van der Waals surface area contributed by atoms with Gasteiger partial charge in [-0.3, -0.25) is 4.79 Å². The van der Waals surface area contributed by atoms with E-state index in [1.165, 1.54) is 0 Å². The molecule has 0 unspecified atom stereocenters. The Labute approximate surface area is 228 Å². The molecule has 0 aromatic heterocycles. The molecule has 6 nitrogen and oxygen atoms in total. The predicted octanol–water partition coefficient (Wildman–Crippen LogP) is 7.04. The topological polar surface area (TPSA) is 57.2 Å². The predicted molar refractivity (Wildman–Crippen MR) is 149 cm³/mol. The van der Waals surface area contributed by atoms with Crippen LogP contribution in [0.5, 0.6) is 28.7 Å². The summed E-state index contributed by atoms with van der Waals surface area (Å²) in [5.74, 6) is 3.23. The van der Waals surface area contributed by atoms with Gasteiger partial charge >= 0.3 is 0 Å². The van der Waals surface area contributed by atoms with E-state index in [1.807, 2.05) is 71.6 Å². The third-order valence-corrected chi connectivity index (χ3v) is 6.30. The lowest BCUT2D eigenvalue weighted by Crippen LogP contribution is -2.32. The molecule has 196 valence electrons. The fourth-order valence-electron chi connectivity index (χ4n) is 4.06. The molecular weight excluding hydrogens is 502 g/mol. The van der Waals surface area contributed by atoms with Crippen molar-refractivity contribution >= 4 is 17.5 Å². The summed E-state index contributed by atoms with van der Waals surface area (Å²) < 4.78 is 22.1. The zero-order valence-corrected chi connectivity index (χ0v) is 22.4. The molecular formula is C31H30ClNO5. The van der Waals surface area contributed by atoms with Gasteiger partial charge in [0.2, 0.25) is 0 Å². The van der Waals surface area contributed by atoms with Gasteiger partial charge < -0.3 is 23.8 Å². The lowest BCUT2D eigenvalue weighted by atomic mass is 10.1.